The standard InChI is InChI=1S/C14H20N2O2S/c1-3-10(2)15-8-11(17)9-18-14-12-6-4-5-7-13(12)19-16-14/h4-7,10-11,15,17H,3,8-9H2,1-2H3. The normalized spacial score (nSPS) is 14.5. The second kappa shape index (κ2) is 6.84. The van der Waals surface area contributed by atoms with Crippen LogP contribution in [0.5, 0.6) is 5.88 Å². The second-order valence-electron chi connectivity index (χ2n) is 4.67. The van der Waals surface area contributed by atoms with Crippen LogP contribution in [0.3, 0.4) is 0 Å². The Morgan fingerprint density at radius 3 is 3.00 bits per heavy atom. The van der Waals surface area contributed by atoms with Crippen molar-refractivity contribution < 1.29 is 9.84 Å². The number of nitrogens with one attached hydrogen (secondary N) is 1. The number of hydrogen-bond donors (Lipinski definition) is 2. The second-order valence-corrected chi connectivity index (χ2v) is 5.47. The van der Waals surface area contributed by atoms with E-state index < -0.39 is 6.10 Å². The maximum Gasteiger partial charge on any atom is 0.233 e. The largest absolute Gasteiger partial charge is 0.474 e. The lowest BCUT2D eigenvalue weighted by atomic mass is 10.2. The summed E-state index contributed by atoms with van der Waals surface area (Å²) in [5, 5.41) is 14.1. The first-order chi connectivity index (χ1) is 9.20. The van der Waals surface area contributed by atoms with Gasteiger partial charge in [0.25, 0.3) is 0 Å². The smallest absolute Gasteiger partial charge is 0.233 e. The molecule has 2 rings (SSSR count). The zero-order chi connectivity index (χ0) is 13.7. The maximum atomic E-state index is 9.85. The van der Waals surface area contributed by atoms with Gasteiger partial charge in [-0.15, -0.1) is 0 Å². The van der Waals surface area contributed by atoms with Gasteiger partial charge in [-0.2, -0.15) is 4.37 Å². The first kappa shape index (κ1) is 14.2. The van der Waals surface area contributed by atoms with Crippen LogP contribution < -0.4 is 10.1 Å². The summed E-state index contributed by atoms with van der Waals surface area (Å²) < 4.78 is 11.0. The third-order valence-electron chi connectivity index (χ3n) is 3.07. The van der Waals surface area contributed by atoms with E-state index in [4.69, 9.17) is 4.74 Å². The third-order valence-corrected chi connectivity index (χ3v) is 3.88. The lowest BCUT2D eigenvalue weighted by Gasteiger charge is -2.15. The molecule has 0 bridgehead atoms. The van der Waals surface area contributed by atoms with Crippen LogP contribution in [0.2, 0.25) is 0 Å². The molecule has 0 aliphatic heterocycles. The number of fused-ring (bicyclic) bond motifs is 1. The van der Waals surface area contributed by atoms with Gasteiger partial charge in [0.15, 0.2) is 0 Å². The molecule has 2 unspecified atom stereocenters. The van der Waals surface area contributed by atoms with E-state index in [-0.39, 0.29) is 6.61 Å². The number of aliphatic hydroxyl groups is 1. The van der Waals surface area contributed by atoms with Crippen molar-refractivity contribution in [1.82, 2.24) is 9.69 Å². The van der Waals surface area contributed by atoms with E-state index in [1.165, 1.54) is 11.5 Å². The highest BCUT2D eigenvalue weighted by atomic mass is 32.1. The van der Waals surface area contributed by atoms with Crippen molar-refractivity contribution in [2.24, 2.45) is 0 Å². The third kappa shape index (κ3) is 3.89. The topological polar surface area (TPSA) is 54.4 Å². The van der Waals surface area contributed by atoms with E-state index in [2.05, 4.69) is 23.5 Å². The molecule has 0 fully saturated rings. The molecule has 0 saturated heterocycles. The van der Waals surface area contributed by atoms with E-state index in [9.17, 15) is 5.11 Å². The molecule has 2 aromatic rings. The SMILES string of the molecule is CCC(C)NCC(O)COc1nsc2ccccc12. The van der Waals surface area contributed by atoms with E-state index >= 15 is 0 Å². The number of aliphatic hydroxyl groups excluding tert-OH is 1. The number of benzene rings is 1. The van der Waals surface area contributed by atoms with Crippen LogP contribution in [0.15, 0.2) is 24.3 Å². The monoisotopic (exact) mass is 280 g/mol. The van der Waals surface area contributed by atoms with Gasteiger partial charge in [0.1, 0.15) is 12.7 Å². The van der Waals surface area contributed by atoms with Gasteiger partial charge in [-0.3, -0.25) is 0 Å². The summed E-state index contributed by atoms with van der Waals surface area (Å²) in [5.41, 5.74) is 0. The Balaban J connectivity index is 1.85. The van der Waals surface area contributed by atoms with Crippen LogP contribution in [0.25, 0.3) is 10.1 Å². The number of rotatable bonds is 7. The minimum atomic E-state index is -0.519. The van der Waals surface area contributed by atoms with Crippen molar-refractivity contribution in [3.8, 4) is 5.88 Å². The molecule has 0 radical (unpaired) electrons. The van der Waals surface area contributed by atoms with E-state index in [0.29, 0.717) is 18.5 Å². The molecule has 0 amide bonds. The average molecular weight is 280 g/mol. The van der Waals surface area contributed by atoms with Crippen molar-refractivity contribution in [3.63, 3.8) is 0 Å². The van der Waals surface area contributed by atoms with Gasteiger partial charge in [0.05, 0.1) is 10.1 Å². The van der Waals surface area contributed by atoms with E-state index in [0.717, 1.165) is 16.5 Å². The molecular formula is C14H20N2O2S. The molecule has 0 spiro atoms. The lowest BCUT2D eigenvalue weighted by molar-refractivity contribution is 0.103. The van der Waals surface area contributed by atoms with Crippen LogP contribution in [-0.4, -0.2) is 34.8 Å². The summed E-state index contributed by atoms with van der Waals surface area (Å²) in [6.45, 7) is 5.01. The quantitative estimate of drug-likeness (QED) is 0.818. The zero-order valence-electron chi connectivity index (χ0n) is 11.3. The molecule has 19 heavy (non-hydrogen) atoms. The predicted molar refractivity (Wildman–Crippen MR) is 78.9 cm³/mol. The van der Waals surface area contributed by atoms with Crippen LogP contribution in [-0.2, 0) is 0 Å². The van der Waals surface area contributed by atoms with Gasteiger partial charge < -0.3 is 15.2 Å². The molecule has 0 aliphatic rings. The highest BCUT2D eigenvalue weighted by molar-refractivity contribution is 7.13. The van der Waals surface area contributed by atoms with Crippen molar-refractivity contribution in [2.45, 2.75) is 32.4 Å². The molecule has 104 valence electrons. The highest BCUT2D eigenvalue weighted by Crippen LogP contribution is 2.27. The van der Waals surface area contributed by atoms with Crippen LogP contribution >= 0.6 is 11.5 Å². The summed E-state index contributed by atoms with van der Waals surface area (Å²) in [6.07, 6.45) is 0.527. The van der Waals surface area contributed by atoms with Crippen molar-refractivity contribution in [1.29, 1.82) is 0 Å². The molecule has 1 aromatic heterocycles. The fraction of sp³-hybridized carbons (Fsp3) is 0.500. The van der Waals surface area contributed by atoms with Gasteiger partial charge in [-0.25, -0.2) is 0 Å². The Kier molecular flexibility index (Phi) is 5.13. The molecule has 4 nitrogen and oxygen atoms in total. The van der Waals surface area contributed by atoms with Gasteiger partial charge >= 0.3 is 0 Å². The summed E-state index contributed by atoms with van der Waals surface area (Å²) in [4.78, 5) is 0. The first-order valence-corrected chi connectivity index (χ1v) is 7.36. The highest BCUT2D eigenvalue weighted by Gasteiger charge is 2.10. The summed E-state index contributed by atoms with van der Waals surface area (Å²) in [6, 6.07) is 8.35. The van der Waals surface area contributed by atoms with Crippen LogP contribution in [0.1, 0.15) is 20.3 Å². The van der Waals surface area contributed by atoms with Gasteiger partial charge in [-0.05, 0) is 37.0 Å². The molecule has 0 aliphatic carbocycles. The Morgan fingerprint density at radius 2 is 2.21 bits per heavy atom. The number of nitrogens with zero attached hydrogens (tertiary/aromatic N) is 1. The molecule has 2 atom stereocenters. The molecular weight excluding hydrogens is 260 g/mol. The fourth-order valence-electron chi connectivity index (χ4n) is 1.68. The predicted octanol–water partition coefficient (Wildman–Crippen LogP) is 2.42. The zero-order valence-corrected chi connectivity index (χ0v) is 12.1. The maximum absolute atomic E-state index is 9.85. The molecule has 0 saturated carbocycles. The Bertz CT molecular complexity index is 515. The lowest BCUT2D eigenvalue weighted by Crippen LogP contribution is -2.36. The van der Waals surface area contributed by atoms with Crippen LogP contribution in [0.4, 0.5) is 0 Å². The van der Waals surface area contributed by atoms with Crippen molar-refractivity contribution in [2.75, 3.05) is 13.2 Å². The number of hydrogen-bond acceptors (Lipinski definition) is 5. The molecule has 1 heterocycles. The van der Waals surface area contributed by atoms with Gasteiger partial charge in [0, 0.05) is 12.6 Å². The molecule has 5 heteroatoms. The average Bonchev–Trinajstić information content (AvgIpc) is 2.85. The fourth-order valence-corrected chi connectivity index (χ4v) is 2.41. The van der Waals surface area contributed by atoms with Crippen LogP contribution in [0, 0.1) is 0 Å². The van der Waals surface area contributed by atoms with Crippen molar-refractivity contribution >= 4 is 21.6 Å². The van der Waals surface area contributed by atoms with Gasteiger partial charge in [-0.1, -0.05) is 19.1 Å². The van der Waals surface area contributed by atoms with Gasteiger partial charge in [0.2, 0.25) is 5.88 Å². The Morgan fingerprint density at radius 1 is 1.42 bits per heavy atom. The van der Waals surface area contributed by atoms with E-state index in [1.54, 1.807) is 0 Å². The van der Waals surface area contributed by atoms with Crippen molar-refractivity contribution in [3.05, 3.63) is 24.3 Å². The Labute approximate surface area is 117 Å². The number of aromatic nitrogens is 1. The summed E-state index contributed by atoms with van der Waals surface area (Å²) >= 11 is 1.42. The first-order valence-electron chi connectivity index (χ1n) is 6.59. The Hall–Kier alpha value is -1.17. The summed E-state index contributed by atoms with van der Waals surface area (Å²) in [5.74, 6) is 0.614. The summed E-state index contributed by atoms with van der Waals surface area (Å²) in [7, 11) is 0. The molecule has 1 aromatic carbocycles. The molecule has 2 N–H and O–H groups in total. The number of ether oxygens (including phenoxy) is 1. The minimum Gasteiger partial charge on any atom is -0.474 e. The van der Waals surface area contributed by atoms with E-state index in [1.807, 2.05) is 24.3 Å². The minimum absolute atomic E-state index is 0.261.